The predicted octanol–water partition coefficient (Wildman–Crippen LogP) is 4.26. The normalized spacial score (nSPS) is 14.6. The first-order valence-electron chi connectivity index (χ1n) is 11.2. The lowest BCUT2D eigenvalue weighted by molar-refractivity contribution is -0.113. The summed E-state index contributed by atoms with van der Waals surface area (Å²) in [6, 6.07) is 15.1. The van der Waals surface area contributed by atoms with Crippen LogP contribution in [0.5, 0.6) is 0 Å². The number of H-pyrrole nitrogens is 1. The first-order valence-corrected chi connectivity index (χ1v) is 11.2. The lowest BCUT2D eigenvalue weighted by atomic mass is 10.1. The van der Waals surface area contributed by atoms with Crippen LogP contribution < -0.4 is 5.32 Å². The van der Waals surface area contributed by atoms with Gasteiger partial charge >= 0.3 is 0 Å². The molecule has 0 unspecified atom stereocenters. The van der Waals surface area contributed by atoms with E-state index in [2.05, 4.69) is 30.7 Å². The van der Waals surface area contributed by atoms with Crippen molar-refractivity contribution >= 4 is 28.3 Å². The van der Waals surface area contributed by atoms with E-state index < -0.39 is 24.9 Å². The average Bonchev–Trinajstić information content (AvgIpc) is 3.51. The van der Waals surface area contributed by atoms with Crippen molar-refractivity contribution in [2.24, 2.45) is 7.05 Å². The number of alkyl halides is 2. The van der Waals surface area contributed by atoms with E-state index in [1.807, 2.05) is 48.7 Å². The standard InChI is InChI=1S/C25H20F2N8O/c1-34-20-9-17(3-2-16(20)8-21(34)24(36)35-13-25(26,27)14-35)23-32-22(12-30-33-23)31-19-6-4-15(5-7-19)18-10-28-29-11-18/h2-12H,13-14H2,1H3,(H,28,29)(H,31,32,33). The zero-order valence-electron chi connectivity index (χ0n) is 19.1. The minimum atomic E-state index is -2.81. The van der Waals surface area contributed by atoms with Crippen LogP contribution in [0, 0.1) is 0 Å². The van der Waals surface area contributed by atoms with Crippen LogP contribution in [0.15, 0.2) is 67.1 Å². The quantitative estimate of drug-likeness (QED) is 0.385. The molecule has 180 valence electrons. The van der Waals surface area contributed by atoms with Gasteiger partial charge in [0.25, 0.3) is 11.8 Å². The molecule has 0 bridgehead atoms. The second-order valence-corrected chi connectivity index (χ2v) is 8.73. The van der Waals surface area contributed by atoms with E-state index in [1.165, 1.54) is 6.20 Å². The number of aryl methyl sites for hydroxylation is 1. The number of carbonyl (C=O) groups excluding carboxylic acids is 1. The maximum absolute atomic E-state index is 13.2. The monoisotopic (exact) mass is 486 g/mol. The molecule has 1 saturated heterocycles. The Morgan fingerprint density at radius 1 is 1.03 bits per heavy atom. The number of aromatic amines is 1. The van der Waals surface area contributed by atoms with Crippen molar-refractivity contribution < 1.29 is 13.6 Å². The van der Waals surface area contributed by atoms with E-state index in [4.69, 9.17) is 0 Å². The Kier molecular flexibility index (Phi) is 4.99. The molecule has 3 aromatic heterocycles. The van der Waals surface area contributed by atoms with Crippen LogP contribution in [0.1, 0.15) is 10.5 Å². The Morgan fingerprint density at radius 3 is 2.53 bits per heavy atom. The number of anilines is 2. The third-order valence-corrected chi connectivity index (χ3v) is 6.20. The smallest absolute Gasteiger partial charge is 0.282 e. The van der Waals surface area contributed by atoms with Crippen molar-refractivity contribution in [2.75, 3.05) is 18.4 Å². The van der Waals surface area contributed by atoms with Crippen molar-refractivity contribution in [1.82, 2.24) is 34.8 Å². The Balaban J connectivity index is 1.24. The maximum Gasteiger partial charge on any atom is 0.282 e. The highest BCUT2D eigenvalue weighted by Gasteiger charge is 2.46. The summed E-state index contributed by atoms with van der Waals surface area (Å²) in [6.07, 6.45) is 5.12. The van der Waals surface area contributed by atoms with E-state index in [1.54, 1.807) is 23.9 Å². The number of benzene rings is 2. The van der Waals surface area contributed by atoms with Gasteiger partial charge in [-0.1, -0.05) is 24.3 Å². The molecule has 1 amide bonds. The molecule has 5 aromatic rings. The van der Waals surface area contributed by atoms with Gasteiger partial charge in [0.05, 0.1) is 25.5 Å². The molecule has 0 spiro atoms. The molecule has 9 nitrogen and oxygen atoms in total. The second-order valence-electron chi connectivity index (χ2n) is 8.73. The SMILES string of the molecule is Cn1c(C(=O)N2CC(F)(F)C2)cc2ccc(-c3nncc(Nc4ccc(-c5cn[nH]c5)cc4)n3)cc21. The zero-order chi connectivity index (χ0) is 24.9. The van der Waals surface area contributed by atoms with E-state index in [9.17, 15) is 13.6 Å². The molecule has 0 saturated carbocycles. The second kappa shape index (κ2) is 8.22. The summed E-state index contributed by atoms with van der Waals surface area (Å²) in [5.74, 6) is -2.28. The van der Waals surface area contributed by atoms with Gasteiger partial charge < -0.3 is 14.8 Å². The number of hydrogen-bond donors (Lipinski definition) is 2. The van der Waals surface area contributed by atoms with Gasteiger partial charge in [-0.3, -0.25) is 9.89 Å². The summed E-state index contributed by atoms with van der Waals surface area (Å²) in [6.45, 7) is -1.10. The predicted molar refractivity (Wildman–Crippen MR) is 130 cm³/mol. The molecule has 1 fully saturated rings. The first kappa shape index (κ1) is 21.8. The summed E-state index contributed by atoms with van der Waals surface area (Å²) in [4.78, 5) is 18.4. The van der Waals surface area contributed by atoms with Crippen LogP contribution >= 0.6 is 0 Å². The molecule has 11 heteroatoms. The topological polar surface area (TPSA) is 105 Å². The molecular weight excluding hydrogens is 466 g/mol. The zero-order valence-corrected chi connectivity index (χ0v) is 19.1. The lowest BCUT2D eigenvalue weighted by Crippen LogP contribution is -2.58. The number of carbonyl (C=O) groups is 1. The molecule has 0 aliphatic carbocycles. The molecule has 0 radical (unpaired) electrons. The minimum absolute atomic E-state index is 0.353. The molecule has 36 heavy (non-hydrogen) atoms. The fraction of sp³-hybridized carbons (Fsp3) is 0.160. The molecular formula is C25H20F2N8O. The van der Waals surface area contributed by atoms with E-state index in [0.29, 0.717) is 22.9 Å². The molecule has 2 N–H and O–H groups in total. The number of fused-ring (bicyclic) bond motifs is 1. The van der Waals surface area contributed by atoms with Crippen molar-refractivity contribution in [3.63, 3.8) is 0 Å². The number of likely N-dealkylation sites (tertiary alicyclic amines) is 1. The van der Waals surface area contributed by atoms with Crippen molar-refractivity contribution in [3.05, 3.63) is 72.8 Å². The van der Waals surface area contributed by atoms with Gasteiger partial charge in [-0.25, -0.2) is 13.8 Å². The highest BCUT2D eigenvalue weighted by molar-refractivity contribution is 6.00. The lowest BCUT2D eigenvalue weighted by Gasteiger charge is -2.38. The Labute approximate surface area is 203 Å². The minimum Gasteiger partial charge on any atom is -0.340 e. The fourth-order valence-electron chi connectivity index (χ4n) is 4.28. The number of aromatic nitrogens is 6. The van der Waals surface area contributed by atoms with Crippen molar-refractivity contribution in [3.8, 4) is 22.5 Å². The molecule has 4 heterocycles. The van der Waals surface area contributed by atoms with Crippen LogP contribution in [0.25, 0.3) is 33.4 Å². The third-order valence-electron chi connectivity index (χ3n) is 6.20. The number of nitrogens with one attached hydrogen (secondary N) is 2. The van der Waals surface area contributed by atoms with Crippen LogP contribution in [0.3, 0.4) is 0 Å². The molecule has 1 aliphatic heterocycles. The molecule has 0 atom stereocenters. The number of halogens is 2. The third kappa shape index (κ3) is 3.94. The van der Waals surface area contributed by atoms with Crippen LogP contribution in [-0.4, -0.2) is 59.8 Å². The summed E-state index contributed by atoms with van der Waals surface area (Å²) >= 11 is 0. The van der Waals surface area contributed by atoms with Gasteiger partial charge in [0.1, 0.15) is 5.69 Å². The Morgan fingerprint density at radius 2 is 1.81 bits per heavy atom. The molecule has 2 aromatic carbocycles. The van der Waals surface area contributed by atoms with Gasteiger partial charge in [0, 0.05) is 41.0 Å². The number of rotatable bonds is 5. The van der Waals surface area contributed by atoms with Gasteiger partial charge in [0.2, 0.25) is 0 Å². The van der Waals surface area contributed by atoms with Crippen molar-refractivity contribution in [1.29, 1.82) is 0 Å². The first-order chi connectivity index (χ1) is 17.4. The Bertz CT molecular complexity index is 1570. The number of amides is 1. The van der Waals surface area contributed by atoms with Gasteiger partial charge in [-0.2, -0.15) is 10.2 Å². The summed E-state index contributed by atoms with van der Waals surface area (Å²) in [5, 5.41) is 19.1. The van der Waals surface area contributed by atoms with E-state index in [-0.39, 0.29) is 0 Å². The summed E-state index contributed by atoms with van der Waals surface area (Å²) < 4.78 is 28.2. The highest BCUT2D eigenvalue weighted by Crippen LogP contribution is 2.31. The van der Waals surface area contributed by atoms with Gasteiger partial charge in [-0.15, -0.1) is 5.10 Å². The number of nitrogens with zero attached hydrogens (tertiary/aromatic N) is 6. The number of hydrogen-bond acceptors (Lipinski definition) is 6. The van der Waals surface area contributed by atoms with Crippen LogP contribution in [-0.2, 0) is 7.05 Å². The van der Waals surface area contributed by atoms with E-state index in [0.717, 1.165) is 32.6 Å². The summed E-state index contributed by atoms with van der Waals surface area (Å²) in [7, 11) is 1.74. The maximum atomic E-state index is 13.2. The van der Waals surface area contributed by atoms with Crippen LogP contribution in [0.4, 0.5) is 20.3 Å². The largest absolute Gasteiger partial charge is 0.340 e. The van der Waals surface area contributed by atoms with Gasteiger partial charge in [-0.05, 0) is 29.8 Å². The average molecular weight is 486 g/mol. The van der Waals surface area contributed by atoms with Gasteiger partial charge in [0.15, 0.2) is 11.6 Å². The molecule has 6 rings (SSSR count). The van der Waals surface area contributed by atoms with Crippen molar-refractivity contribution in [2.45, 2.75) is 5.92 Å². The van der Waals surface area contributed by atoms with Crippen LogP contribution in [0.2, 0.25) is 0 Å². The fourth-order valence-corrected chi connectivity index (χ4v) is 4.28. The Hall–Kier alpha value is -4.67. The highest BCUT2D eigenvalue weighted by atomic mass is 19.3. The molecule has 1 aliphatic rings. The summed E-state index contributed by atoms with van der Waals surface area (Å²) in [5.41, 5.74) is 4.70. The van der Waals surface area contributed by atoms with E-state index >= 15 is 0 Å².